The summed E-state index contributed by atoms with van der Waals surface area (Å²) in [4.78, 5) is 3.08. The third-order valence-electron chi connectivity index (χ3n) is 3.53. The van der Waals surface area contributed by atoms with Gasteiger partial charge in [-0.15, -0.1) is 0 Å². The van der Waals surface area contributed by atoms with Gasteiger partial charge in [-0.25, -0.2) is 0 Å². The molecule has 2 heterocycles. The molecule has 0 bridgehead atoms. The highest BCUT2D eigenvalue weighted by Crippen LogP contribution is 2.29. The quantitative estimate of drug-likeness (QED) is 0.651. The monoisotopic (exact) mass is 279 g/mol. The first-order valence-corrected chi connectivity index (χ1v) is 6.54. The first-order valence-electron chi connectivity index (χ1n) is 6.54. The van der Waals surface area contributed by atoms with Gasteiger partial charge >= 0.3 is 0 Å². The lowest BCUT2D eigenvalue weighted by Gasteiger charge is -2.35. The van der Waals surface area contributed by atoms with Crippen molar-refractivity contribution in [1.82, 2.24) is 4.98 Å². The number of aliphatic hydroxyl groups excluding tert-OH is 3. The summed E-state index contributed by atoms with van der Waals surface area (Å²) in [5, 5.41) is 29.5. The average Bonchev–Trinajstić information content (AvgIpc) is 2.86. The van der Waals surface area contributed by atoms with Crippen LogP contribution in [0.4, 0.5) is 0 Å². The van der Waals surface area contributed by atoms with Crippen LogP contribution in [0.25, 0.3) is 10.9 Å². The van der Waals surface area contributed by atoms with Gasteiger partial charge in [0.15, 0.2) is 0 Å². The van der Waals surface area contributed by atoms with Gasteiger partial charge < -0.3 is 29.8 Å². The molecular formula is C14H17NO5. The third kappa shape index (κ3) is 2.38. The second-order valence-electron chi connectivity index (χ2n) is 4.90. The number of fused-ring (bicyclic) bond motifs is 1. The number of ether oxygens (including phenoxy) is 2. The molecule has 0 aliphatic carbocycles. The van der Waals surface area contributed by atoms with Crippen molar-refractivity contribution in [2.75, 3.05) is 6.61 Å². The Morgan fingerprint density at radius 3 is 2.90 bits per heavy atom. The number of rotatable bonds is 3. The lowest BCUT2D eigenvalue weighted by molar-refractivity contribution is -0.229. The Kier molecular flexibility index (Phi) is 3.62. The van der Waals surface area contributed by atoms with E-state index in [1.54, 1.807) is 6.20 Å². The molecule has 4 N–H and O–H groups in total. The van der Waals surface area contributed by atoms with Crippen LogP contribution in [0.3, 0.4) is 0 Å². The van der Waals surface area contributed by atoms with Gasteiger partial charge in [-0.05, 0) is 12.1 Å². The first kappa shape index (κ1) is 13.4. The number of aliphatic hydroxyl groups is 3. The second-order valence-corrected chi connectivity index (χ2v) is 4.90. The molecule has 1 aromatic heterocycles. The topological polar surface area (TPSA) is 94.9 Å². The van der Waals surface area contributed by atoms with Crippen LogP contribution < -0.4 is 4.74 Å². The van der Waals surface area contributed by atoms with E-state index in [9.17, 15) is 10.2 Å². The molecule has 0 saturated carbocycles. The maximum absolute atomic E-state index is 9.76. The summed E-state index contributed by atoms with van der Waals surface area (Å²) in [7, 11) is 0. The molecule has 1 aliphatic rings. The number of hydrogen-bond donors (Lipinski definition) is 4. The molecule has 6 heteroatoms. The van der Waals surface area contributed by atoms with Crippen molar-refractivity contribution in [2.24, 2.45) is 0 Å². The molecule has 2 aromatic rings. The van der Waals surface area contributed by atoms with Crippen molar-refractivity contribution in [3.8, 4) is 5.75 Å². The summed E-state index contributed by atoms with van der Waals surface area (Å²) < 4.78 is 11.2. The Hall–Kier alpha value is -1.60. The van der Waals surface area contributed by atoms with Gasteiger partial charge in [-0.3, -0.25) is 0 Å². The number of para-hydroxylation sites is 1. The molecular weight excluding hydrogens is 262 g/mol. The average molecular weight is 279 g/mol. The highest BCUT2D eigenvalue weighted by molar-refractivity contribution is 5.85. The van der Waals surface area contributed by atoms with E-state index in [-0.39, 0.29) is 13.0 Å². The molecule has 1 aliphatic heterocycles. The molecule has 20 heavy (non-hydrogen) atoms. The Bertz CT molecular complexity index is 584. The molecule has 0 unspecified atom stereocenters. The van der Waals surface area contributed by atoms with Crippen molar-refractivity contribution < 1.29 is 24.8 Å². The van der Waals surface area contributed by atoms with E-state index in [1.807, 2.05) is 24.3 Å². The van der Waals surface area contributed by atoms with Crippen LogP contribution in [0.1, 0.15) is 6.42 Å². The zero-order chi connectivity index (χ0) is 14.1. The van der Waals surface area contributed by atoms with E-state index in [1.165, 1.54) is 0 Å². The number of aromatic amines is 1. The van der Waals surface area contributed by atoms with Crippen LogP contribution in [0.2, 0.25) is 0 Å². The number of hydrogen-bond acceptors (Lipinski definition) is 5. The molecule has 4 atom stereocenters. The van der Waals surface area contributed by atoms with Crippen LogP contribution in [0.15, 0.2) is 30.5 Å². The Morgan fingerprint density at radius 1 is 1.30 bits per heavy atom. The van der Waals surface area contributed by atoms with Gasteiger partial charge in [0.05, 0.1) is 12.7 Å². The van der Waals surface area contributed by atoms with E-state index in [4.69, 9.17) is 14.6 Å². The van der Waals surface area contributed by atoms with Crippen molar-refractivity contribution in [3.63, 3.8) is 0 Å². The van der Waals surface area contributed by atoms with Gasteiger partial charge in [0.2, 0.25) is 6.29 Å². The standard InChI is InChI=1S/C14H17NO5/c16-7-12-14(18)10(17)5-13(20-12)19-11-6-15-9-4-2-1-3-8(9)11/h1-4,6,10,12-18H,5,7H2/t10-,12-,13-,14+/m1/s1. The van der Waals surface area contributed by atoms with Crippen LogP contribution in [0, 0.1) is 0 Å². The smallest absolute Gasteiger partial charge is 0.203 e. The summed E-state index contributed by atoms with van der Waals surface area (Å²) in [5.41, 5.74) is 0.942. The van der Waals surface area contributed by atoms with Crippen molar-refractivity contribution in [1.29, 1.82) is 0 Å². The molecule has 1 saturated heterocycles. The van der Waals surface area contributed by atoms with Crippen LogP contribution >= 0.6 is 0 Å². The maximum atomic E-state index is 9.76. The lowest BCUT2D eigenvalue weighted by atomic mass is 10.0. The number of aromatic nitrogens is 1. The zero-order valence-electron chi connectivity index (χ0n) is 10.8. The SMILES string of the molecule is OC[C@H]1O[C@@H](Oc2c[nH]c3ccccc23)C[C@@H](O)[C@@H]1O. The summed E-state index contributed by atoms with van der Waals surface area (Å²) in [5.74, 6) is 0.617. The van der Waals surface area contributed by atoms with Gasteiger partial charge in [-0.2, -0.15) is 0 Å². The predicted molar refractivity (Wildman–Crippen MR) is 71.3 cm³/mol. The fraction of sp³-hybridized carbons (Fsp3) is 0.429. The fourth-order valence-corrected chi connectivity index (χ4v) is 2.43. The highest BCUT2D eigenvalue weighted by Gasteiger charge is 2.37. The van der Waals surface area contributed by atoms with Crippen molar-refractivity contribution >= 4 is 10.9 Å². The lowest BCUT2D eigenvalue weighted by Crippen LogP contribution is -2.51. The highest BCUT2D eigenvalue weighted by atomic mass is 16.7. The summed E-state index contributed by atoms with van der Waals surface area (Å²) in [6, 6.07) is 7.67. The normalized spacial score (nSPS) is 30.6. The van der Waals surface area contributed by atoms with Gasteiger partial charge in [-0.1, -0.05) is 12.1 Å². The largest absolute Gasteiger partial charge is 0.463 e. The molecule has 3 rings (SSSR count). The third-order valence-corrected chi connectivity index (χ3v) is 3.53. The van der Waals surface area contributed by atoms with E-state index in [0.717, 1.165) is 10.9 Å². The van der Waals surface area contributed by atoms with Gasteiger partial charge in [0, 0.05) is 23.5 Å². The molecule has 0 amide bonds. The minimum Gasteiger partial charge on any atom is -0.463 e. The Morgan fingerprint density at radius 2 is 2.10 bits per heavy atom. The first-order chi connectivity index (χ1) is 9.69. The molecule has 1 fully saturated rings. The second kappa shape index (κ2) is 5.41. The zero-order valence-corrected chi connectivity index (χ0v) is 10.8. The molecule has 1 aromatic carbocycles. The Labute approximate surface area is 115 Å². The number of nitrogens with one attached hydrogen (secondary N) is 1. The molecule has 108 valence electrons. The summed E-state index contributed by atoms with van der Waals surface area (Å²) in [6.45, 7) is -0.369. The van der Waals surface area contributed by atoms with Gasteiger partial charge in [0.1, 0.15) is 18.0 Å². The van der Waals surface area contributed by atoms with Crippen molar-refractivity contribution in [2.45, 2.75) is 31.0 Å². The van der Waals surface area contributed by atoms with Crippen LogP contribution in [-0.4, -0.2) is 51.5 Å². The molecule has 6 nitrogen and oxygen atoms in total. The minimum absolute atomic E-state index is 0.150. The Balaban J connectivity index is 1.77. The van der Waals surface area contributed by atoms with E-state index in [0.29, 0.717) is 5.75 Å². The van der Waals surface area contributed by atoms with E-state index >= 15 is 0 Å². The maximum Gasteiger partial charge on any atom is 0.203 e. The summed E-state index contributed by atoms with van der Waals surface area (Å²) >= 11 is 0. The fourth-order valence-electron chi connectivity index (χ4n) is 2.43. The van der Waals surface area contributed by atoms with Crippen molar-refractivity contribution in [3.05, 3.63) is 30.5 Å². The van der Waals surface area contributed by atoms with Crippen LogP contribution in [0.5, 0.6) is 5.75 Å². The van der Waals surface area contributed by atoms with E-state index in [2.05, 4.69) is 4.98 Å². The number of benzene rings is 1. The molecule has 0 radical (unpaired) electrons. The van der Waals surface area contributed by atoms with Gasteiger partial charge in [0.25, 0.3) is 0 Å². The number of H-pyrrole nitrogens is 1. The minimum atomic E-state index is -1.09. The van der Waals surface area contributed by atoms with E-state index < -0.39 is 24.6 Å². The summed E-state index contributed by atoms with van der Waals surface area (Å²) in [6.07, 6.45) is -1.74. The molecule has 0 spiro atoms. The predicted octanol–water partition coefficient (Wildman–Crippen LogP) is 0.376. The van der Waals surface area contributed by atoms with Crippen LogP contribution in [-0.2, 0) is 4.74 Å².